The lowest BCUT2D eigenvalue weighted by Crippen LogP contribution is -2.28. The number of fused-ring (bicyclic) bond motifs is 1. The number of hydrogen-bond acceptors (Lipinski definition) is 5. The number of benzene rings is 1. The van der Waals surface area contributed by atoms with Gasteiger partial charge < -0.3 is 14.2 Å². The molecule has 0 amide bonds. The molecule has 0 atom stereocenters. The van der Waals surface area contributed by atoms with E-state index in [4.69, 9.17) is 4.42 Å². The quantitative estimate of drug-likeness (QED) is 0.720. The molecule has 1 aliphatic rings. The maximum Gasteiger partial charge on any atom is 0.193 e. The van der Waals surface area contributed by atoms with Gasteiger partial charge in [0.15, 0.2) is 5.43 Å². The van der Waals surface area contributed by atoms with Gasteiger partial charge in [0.2, 0.25) is 0 Å². The van der Waals surface area contributed by atoms with Crippen molar-refractivity contribution >= 4 is 16.7 Å². The van der Waals surface area contributed by atoms with E-state index < -0.39 is 0 Å². The Hall–Kier alpha value is -2.66. The zero-order valence-corrected chi connectivity index (χ0v) is 14.3. The molecule has 0 aliphatic carbocycles. The maximum absolute atomic E-state index is 12.6. The summed E-state index contributed by atoms with van der Waals surface area (Å²) in [5, 5.41) is 0.628. The molecule has 25 heavy (non-hydrogen) atoms. The fourth-order valence-corrected chi connectivity index (χ4v) is 3.30. The van der Waals surface area contributed by atoms with Crippen LogP contribution in [0.4, 0.5) is 5.69 Å². The normalized spacial score (nSPS) is 16.1. The largest absolute Gasteiger partial charge is 0.456 e. The number of rotatable bonds is 2. The average molecular weight is 335 g/mol. The van der Waals surface area contributed by atoms with Crippen molar-refractivity contribution in [3.63, 3.8) is 0 Å². The number of anilines is 1. The molecule has 5 nitrogen and oxygen atoms in total. The SMILES string of the molecule is CN1CCCN(c2ccc3oc(-c4cccnc4)cc(=O)c3c2)CC1. The highest BCUT2D eigenvalue weighted by Crippen LogP contribution is 2.25. The molecule has 5 heteroatoms. The van der Waals surface area contributed by atoms with Crippen molar-refractivity contribution in [1.29, 1.82) is 0 Å². The van der Waals surface area contributed by atoms with Crippen molar-refractivity contribution in [2.24, 2.45) is 0 Å². The predicted octanol–water partition coefficient (Wildman–Crippen LogP) is 3.00. The van der Waals surface area contributed by atoms with Crippen molar-refractivity contribution in [3.8, 4) is 11.3 Å². The second-order valence-electron chi connectivity index (χ2n) is 6.54. The molecule has 1 aromatic carbocycles. The number of nitrogens with zero attached hydrogens (tertiary/aromatic N) is 3. The number of aromatic nitrogens is 1. The standard InChI is InChI=1S/C20H21N3O2/c1-22-8-3-9-23(11-10-22)16-5-6-19-17(12-16)18(24)13-20(25-19)15-4-2-7-21-14-15/h2,4-7,12-14H,3,8-11H2,1H3. The predicted molar refractivity (Wildman–Crippen MR) is 100 cm³/mol. The third kappa shape index (κ3) is 3.28. The van der Waals surface area contributed by atoms with E-state index in [-0.39, 0.29) is 5.43 Å². The van der Waals surface area contributed by atoms with Crippen LogP contribution in [0.2, 0.25) is 0 Å². The molecule has 4 rings (SSSR count). The van der Waals surface area contributed by atoms with Crippen molar-refractivity contribution < 1.29 is 4.42 Å². The van der Waals surface area contributed by atoms with Crippen LogP contribution in [-0.2, 0) is 0 Å². The minimum atomic E-state index is -0.0195. The summed E-state index contributed by atoms with van der Waals surface area (Å²) in [7, 11) is 2.15. The van der Waals surface area contributed by atoms with E-state index in [0.717, 1.165) is 43.9 Å². The summed E-state index contributed by atoms with van der Waals surface area (Å²) in [6.45, 7) is 4.13. The van der Waals surface area contributed by atoms with Gasteiger partial charge in [0, 0.05) is 49.3 Å². The van der Waals surface area contributed by atoms with Gasteiger partial charge in [-0.2, -0.15) is 0 Å². The number of hydrogen-bond donors (Lipinski definition) is 0. The van der Waals surface area contributed by atoms with E-state index in [2.05, 4.69) is 21.8 Å². The highest BCUT2D eigenvalue weighted by atomic mass is 16.3. The van der Waals surface area contributed by atoms with Crippen LogP contribution in [0.1, 0.15) is 6.42 Å². The van der Waals surface area contributed by atoms with Gasteiger partial charge in [0.25, 0.3) is 0 Å². The first-order valence-electron chi connectivity index (χ1n) is 8.62. The number of likely N-dealkylation sites (N-methyl/N-ethyl adjacent to an activating group) is 1. The van der Waals surface area contributed by atoms with Gasteiger partial charge in [-0.25, -0.2) is 0 Å². The van der Waals surface area contributed by atoms with Crippen molar-refractivity contribution in [1.82, 2.24) is 9.88 Å². The first-order chi connectivity index (χ1) is 12.2. The molecule has 1 saturated heterocycles. The molecule has 3 aromatic rings. The van der Waals surface area contributed by atoms with E-state index >= 15 is 0 Å². The fraction of sp³-hybridized carbons (Fsp3) is 0.300. The summed E-state index contributed by atoms with van der Waals surface area (Å²) in [6.07, 6.45) is 4.53. The minimum absolute atomic E-state index is 0.0195. The maximum atomic E-state index is 12.6. The third-order valence-electron chi connectivity index (χ3n) is 4.74. The summed E-state index contributed by atoms with van der Waals surface area (Å²) in [6, 6.07) is 11.2. The van der Waals surface area contributed by atoms with Crippen LogP contribution >= 0.6 is 0 Å². The van der Waals surface area contributed by atoms with Gasteiger partial charge in [0.05, 0.1) is 5.39 Å². The lowest BCUT2D eigenvalue weighted by atomic mass is 10.1. The van der Waals surface area contributed by atoms with Gasteiger partial charge >= 0.3 is 0 Å². The highest BCUT2D eigenvalue weighted by Gasteiger charge is 2.14. The summed E-state index contributed by atoms with van der Waals surface area (Å²) in [5.41, 5.74) is 2.49. The third-order valence-corrected chi connectivity index (χ3v) is 4.74. The van der Waals surface area contributed by atoms with Crippen LogP contribution in [0.25, 0.3) is 22.3 Å². The molecule has 0 saturated carbocycles. The van der Waals surface area contributed by atoms with Crippen molar-refractivity contribution in [3.05, 3.63) is 59.0 Å². The van der Waals surface area contributed by atoms with Gasteiger partial charge in [-0.3, -0.25) is 9.78 Å². The molecule has 2 aromatic heterocycles. The summed E-state index contributed by atoms with van der Waals surface area (Å²) >= 11 is 0. The first kappa shape index (κ1) is 15.8. The van der Waals surface area contributed by atoms with E-state index in [0.29, 0.717) is 16.7 Å². The smallest absolute Gasteiger partial charge is 0.193 e. The Balaban J connectivity index is 1.72. The Morgan fingerprint density at radius 2 is 2.00 bits per heavy atom. The van der Waals surface area contributed by atoms with Crippen LogP contribution in [0.15, 0.2) is 58.0 Å². The lowest BCUT2D eigenvalue weighted by Gasteiger charge is -2.23. The van der Waals surface area contributed by atoms with Crippen molar-refractivity contribution in [2.75, 3.05) is 38.1 Å². The van der Waals surface area contributed by atoms with Crippen LogP contribution in [0, 0.1) is 0 Å². The first-order valence-corrected chi connectivity index (χ1v) is 8.62. The van der Waals surface area contributed by atoms with E-state index in [1.165, 1.54) is 0 Å². The molecular weight excluding hydrogens is 314 g/mol. The molecule has 1 aliphatic heterocycles. The number of pyridine rings is 1. The molecule has 0 unspecified atom stereocenters. The Morgan fingerprint density at radius 1 is 1.08 bits per heavy atom. The van der Waals surface area contributed by atoms with Gasteiger partial charge in [0.1, 0.15) is 11.3 Å². The average Bonchev–Trinajstić information content (AvgIpc) is 2.87. The van der Waals surface area contributed by atoms with Crippen LogP contribution in [0.5, 0.6) is 0 Å². The van der Waals surface area contributed by atoms with E-state index in [1.807, 2.05) is 30.3 Å². The molecule has 0 bridgehead atoms. The second kappa shape index (κ2) is 6.69. The Morgan fingerprint density at radius 3 is 2.84 bits per heavy atom. The van der Waals surface area contributed by atoms with Gasteiger partial charge in [-0.15, -0.1) is 0 Å². The van der Waals surface area contributed by atoms with Gasteiger partial charge in [-0.1, -0.05) is 0 Å². The highest BCUT2D eigenvalue weighted by molar-refractivity contribution is 5.82. The van der Waals surface area contributed by atoms with E-state index in [9.17, 15) is 4.79 Å². The summed E-state index contributed by atoms with van der Waals surface area (Å²) in [4.78, 5) is 21.4. The zero-order chi connectivity index (χ0) is 17.2. The second-order valence-corrected chi connectivity index (χ2v) is 6.54. The molecule has 1 fully saturated rings. The molecule has 3 heterocycles. The fourth-order valence-electron chi connectivity index (χ4n) is 3.30. The summed E-state index contributed by atoms with van der Waals surface area (Å²) in [5.74, 6) is 0.551. The molecule has 0 N–H and O–H groups in total. The van der Waals surface area contributed by atoms with Crippen LogP contribution < -0.4 is 10.3 Å². The molecule has 0 spiro atoms. The molecule has 0 radical (unpaired) electrons. The zero-order valence-electron chi connectivity index (χ0n) is 14.3. The van der Waals surface area contributed by atoms with Crippen LogP contribution in [-0.4, -0.2) is 43.1 Å². The topological polar surface area (TPSA) is 49.6 Å². The van der Waals surface area contributed by atoms with Crippen molar-refractivity contribution in [2.45, 2.75) is 6.42 Å². The lowest BCUT2D eigenvalue weighted by molar-refractivity contribution is 0.360. The summed E-state index contributed by atoms with van der Waals surface area (Å²) < 4.78 is 5.95. The Kier molecular flexibility index (Phi) is 4.24. The Bertz CT molecular complexity index is 937. The van der Waals surface area contributed by atoms with E-state index in [1.54, 1.807) is 18.5 Å². The monoisotopic (exact) mass is 335 g/mol. The Labute approximate surface area is 146 Å². The van der Waals surface area contributed by atoms with Gasteiger partial charge in [-0.05, 0) is 50.3 Å². The molecule has 128 valence electrons. The minimum Gasteiger partial charge on any atom is -0.456 e. The molecular formula is C20H21N3O2. The van der Waals surface area contributed by atoms with Crippen LogP contribution in [0.3, 0.4) is 0 Å².